The van der Waals surface area contributed by atoms with Crippen LogP contribution in [0.2, 0.25) is 0 Å². The van der Waals surface area contributed by atoms with Crippen LogP contribution in [0.25, 0.3) is 0 Å². The monoisotopic (exact) mass is 217 g/mol. The van der Waals surface area contributed by atoms with E-state index in [1.807, 2.05) is 30.3 Å². The molecule has 1 saturated heterocycles. The minimum atomic E-state index is 0.126. The number of carbonyl (C=O) groups is 1. The molecule has 0 bridgehead atoms. The standard InChI is InChI=1S/C13H15NO2/c1-3-10-6-9-13(15)14(10)11-4-7-12(16-2)8-5-11/h3-5,7-8,10H,1,6,9H2,2H3. The highest BCUT2D eigenvalue weighted by Gasteiger charge is 2.29. The highest BCUT2D eigenvalue weighted by molar-refractivity contribution is 5.96. The maximum atomic E-state index is 11.7. The molecule has 1 aliphatic rings. The van der Waals surface area contributed by atoms with Crippen molar-refractivity contribution in [2.75, 3.05) is 12.0 Å². The third-order valence-electron chi connectivity index (χ3n) is 2.88. The third kappa shape index (κ3) is 1.81. The average Bonchev–Trinajstić information content (AvgIpc) is 2.70. The van der Waals surface area contributed by atoms with Crippen LogP contribution in [-0.2, 0) is 4.79 Å². The molecular formula is C13H15NO2. The second-order valence-electron chi connectivity index (χ2n) is 3.80. The summed E-state index contributed by atoms with van der Waals surface area (Å²) in [5.41, 5.74) is 0.910. The first-order chi connectivity index (χ1) is 7.76. The summed E-state index contributed by atoms with van der Waals surface area (Å²) in [6.07, 6.45) is 3.28. The van der Waals surface area contributed by atoms with Crippen molar-refractivity contribution in [3.05, 3.63) is 36.9 Å². The number of hydrogen-bond donors (Lipinski definition) is 0. The van der Waals surface area contributed by atoms with E-state index in [9.17, 15) is 4.79 Å². The van der Waals surface area contributed by atoms with E-state index in [0.29, 0.717) is 6.42 Å². The molecule has 1 atom stereocenters. The van der Waals surface area contributed by atoms with Crippen LogP contribution in [0.15, 0.2) is 36.9 Å². The first kappa shape index (κ1) is 10.7. The number of amides is 1. The Morgan fingerprint density at radius 3 is 2.69 bits per heavy atom. The van der Waals surface area contributed by atoms with Gasteiger partial charge in [0.15, 0.2) is 0 Å². The first-order valence-corrected chi connectivity index (χ1v) is 5.35. The van der Waals surface area contributed by atoms with Gasteiger partial charge in [0.25, 0.3) is 0 Å². The molecule has 1 aromatic rings. The number of nitrogens with zero attached hydrogens (tertiary/aromatic N) is 1. The van der Waals surface area contributed by atoms with E-state index >= 15 is 0 Å². The summed E-state index contributed by atoms with van der Waals surface area (Å²) in [5.74, 6) is 0.959. The van der Waals surface area contributed by atoms with Crippen molar-refractivity contribution in [2.45, 2.75) is 18.9 Å². The van der Waals surface area contributed by atoms with Crippen molar-refractivity contribution < 1.29 is 9.53 Å². The number of rotatable bonds is 3. The minimum absolute atomic E-state index is 0.126. The molecule has 2 rings (SSSR count). The van der Waals surface area contributed by atoms with Crippen LogP contribution in [0.3, 0.4) is 0 Å². The number of benzene rings is 1. The van der Waals surface area contributed by atoms with Crippen LogP contribution in [0.4, 0.5) is 5.69 Å². The third-order valence-corrected chi connectivity index (χ3v) is 2.88. The molecule has 1 heterocycles. The Kier molecular flexibility index (Phi) is 2.95. The first-order valence-electron chi connectivity index (χ1n) is 5.35. The molecule has 1 aromatic carbocycles. The molecule has 0 aliphatic carbocycles. The van der Waals surface area contributed by atoms with Gasteiger partial charge in [0.1, 0.15) is 5.75 Å². The zero-order chi connectivity index (χ0) is 11.5. The molecule has 16 heavy (non-hydrogen) atoms. The van der Waals surface area contributed by atoms with Crippen LogP contribution < -0.4 is 9.64 Å². The summed E-state index contributed by atoms with van der Waals surface area (Å²) in [6, 6.07) is 7.65. The van der Waals surface area contributed by atoms with Crippen molar-refractivity contribution in [1.82, 2.24) is 0 Å². The predicted octanol–water partition coefficient (Wildman–Crippen LogP) is 2.38. The van der Waals surface area contributed by atoms with E-state index in [0.717, 1.165) is 17.9 Å². The summed E-state index contributed by atoms with van der Waals surface area (Å²) in [4.78, 5) is 13.5. The van der Waals surface area contributed by atoms with Crippen LogP contribution >= 0.6 is 0 Å². The second kappa shape index (κ2) is 4.39. The fraction of sp³-hybridized carbons (Fsp3) is 0.308. The molecule has 0 spiro atoms. The van der Waals surface area contributed by atoms with Crippen molar-refractivity contribution in [3.8, 4) is 5.75 Å². The van der Waals surface area contributed by atoms with Gasteiger partial charge in [-0.3, -0.25) is 4.79 Å². The molecule has 84 valence electrons. The smallest absolute Gasteiger partial charge is 0.227 e. The molecule has 0 saturated carbocycles. The largest absolute Gasteiger partial charge is 0.497 e. The number of anilines is 1. The second-order valence-corrected chi connectivity index (χ2v) is 3.80. The van der Waals surface area contributed by atoms with Gasteiger partial charge in [-0.2, -0.15) is 0 Å². The van der Waals surface area contributed by atoms with Gasteiger partial charge in [0.2, 0.25) is 5.91 Å². The zero-order valence-corrected chi connectivity index (χ0v) is 9.35. The van der Waals surface area contributed by atoms with Crippen LogP contribution in [-0.4, -0.2) is 19.1 Å². The zero-order valence-electron chi connectivity index (χ0n) is 9.35. The molecule has 1 amide bonds. The lowest BCUT2D eigenvalue weighted by atomic mass is 10.2. The van der Waals surface area contributed by atoms with E-state index in [1.165, 1.54) is 0 Å². The Hall–Kier alpha value is -1.77. The van der Waals surface area contributed by atoms with Gasteiger partial charge >= 0.3 is 0 Å². The van der Waals surface area contributed by atoms with E-state index < -0.39 is 0 Å². The maximum Gasteiger partial charge on any atom is 0.227 e. The summed E-state index contributed by atoms with van der Waals surface area (Å²) < 4.78 is 5.09. The number of ether oxygens (including phenoxy) is 1. The summed E-state index contributed by atoms with van der Waals surface area (Å²) in [5, 5.41) is 0. The van der Waals surface area contributed by atoms with E-state index in [-0.39, 0.29) is 11.9 Å². The molecule has 0 N–H and O–H groups in total. The van der Waals surface area contributed by atoms with Crippen LogP contribution in [0.1, 0.15) is 12.8 Å². The fourth-order valence-electron chi connectivity index (χ4n) is 2.01. The van der Waals surface area contributed by atoms with Crippen molar-refractivity contribution in [2.24, 2.45) is 0 Å². The van der Waals surface area contributed by atoms with Gasteiger partial charge in [-0.05, 0) is 30.7 Å². The normalized spacial score (nSPS) is 19.9. The van der Waals surface area contributed by atoms with Gasteiger partial charge in [-0.25, -0.2) is 0 Å². The summed E-state index contributed by atoms with van der Waals surface area (Å²) >= 11 is 0. The molecule has 3 heteroatoms. The fourth-order valence-corrected chi connectivity index (χ4v) is 2.01. The predicted molar refractivity (Wildman–Crippen MR) is 63.7 cm³/mol. The maximum absolute atomic E-state index is 11.7. The number of carbonyl (C=O) groups excluding carboxylic acids is 1. The Morgan fingerprint density at radius 2 is 2.12 bits per heavy atom. The van der Waals surface area contributed by atoms with Crippen LogP contribution in [0.5, 0.6) is 5.75 Å². The SMILES string of the molecule is C=CC1CCC(=O)N1c1ccc(OC)cc1. The molecule has 0 radical (unpaired) electrons. The lowest BCUT2D eigenvalue weighted by molar-refractivity contribution is -0.117. The molecule has 3 nitrogen and oxygen atoms in total. The Bertz CT molecular complexity index is 397. The Balaban J connectivity index is 2.27. The summed E-state index contributed by atoms with van der Waals surface area (Å²) in [6.45, 7) is 3.77. The average molecular weight is 217 g/mol. The Morgan fingerprint density at radius 1 is 1.44 bits per heavy atom. The van der Waals surface area contributed by atoms with E-state index in [1.54, 1.807) is 12.0 Å². The van der Waals surface area contributed by atoms with Gasteiger partial charge in [-0.15, -0.1) is 6.58 Å². The molecule has 0 aromatic heterocycles. The summed E-state index contributed by atoms with van der Waals surface area (Å²) in [7, 11) is 1.63. The lowest BCUT2D eigenvalue weighted by Crippen LogP contribution is -2.31. The van der Waals surface area contributed by atoms with Gasteiger partial charge in [-0.1, -0.05) is 6.08 Å². The van der Waals surface area contributed by atoms with Gasteiger partial charge in [0.05, 0.1) is 13.2 Å². The van der Waals surface area contributed by atoms with E-state index in [2.05, 4.69) is 6.58 Å². The van der Waals surface area contributed by atoms with E-state index in [4.69, 9.17) is 4.74 Å². The molecule has 1 aliphatic heterocycles. The van der Waals surface area contributed by atoms with Gasteiger partial charge in [0, 0.05) is 12.1 Å². The number of methoxy groups -OCH3 is 1. The van der Waals surface area contributed by atoms with Crippen LogP contribution in [0, 0.1) is 0 Å². The van der Waals surface area contributed by atoms with Gasteiger partial charge < -0.3 is 9.64 Å². The van der Waals surface area contributed by atoms with Crippen molar-refractivity contribution >= 4 is 11.6 Å². The van der Waals surface area contributed by atoms with Crippen molar-refractivity contribution in [3.63, 3.8) is 0 Å². The molecule has 1 unspecified atom stereocenters. The molecule has 1 fully saturated rings. The number of hydrogen-bond acceptors (Lipinski definition) is 2. The quantitative estimate of drug-likeness (QED) is 0.727. The highest BCUT2D eigenvalue weighted by Crippen LogP contribution is 2.28. The highest BCUT2D eigenvalue weighted by atomic mass is 16.5. The molecular weight excluding hydrogens is 202 g/mol. The topological polar surface area (TPSA) is 29.5 Å². The minimum Gasteiger partial charge on any atom is -0.497 e. The van der Waals surface area contributed by atoms with Crippen molar-refractivity contribution in [1.29, 1.82) is 0 Å². The lowest BCUT2D eigenvalue weighted by Gasteiger charge is -2.22. The Labute approximate surface area is 95.3 Å².